The van der Waals surface area contributed by atoms with E-state index in [0.29, 0.717) is 39.8 Å². The molecule has 0 spiro atoms. The van der Waals surface area contributed by atoms with Gasteiger partial charge in [-0.15, -0.1) is 0 Å². The molecule has 79 heavy (non-hydrogen) atoms. The Morgan fingerprint density at radius 2 is 1.39 bits per heavy atom. The first-order valence-electron chi connectivity index (χ1n) is 27.3. The van der Waals surface area contributed by atoms with E-state index in [9.17, 15) is 19.2 Å². The van der Waals surface area contributed by atoms with Crippen molar-refractivity contribution < 1.29 is 28.4 Å². The first-order valence-corrected chi connectivity index (χ1v) is 28.0. The topological polar surface area (TPSA) is 163 Å². The Labute approximate surface area is 470 Å². The van der Waals surface area contributed by atoms with Crippen molar-refractivity contribution in [1.82, 2.24) is 35.3 Å². The van der Waals surface area contributed by atoms with Crippen molar-refractivity contribution in [3.8, 4) is 22.5 Å². The van der Waals surface area contributed by atoms with E-state index in [0.717, 1.165) is 86.9 Å². The largest absolute Gasteiger partial charge is 0.456 e. The highest BCUT2D eigenvalue weighted by atomic mass is 35.5. The molecule has 1 aromatic heterocycles. The number of amides is 5. The highest BCUT2D eigenvalue weighted by Crippen LogP contribution is 2.42. The number of aromatic amines is 1. The van der Waals surface area contributed by atoms with E-state index < -0.39 is 35.7 Å². The fraction of sp³-hybridized carbons (Fsp3) is 0.302. The second-order valence-corrected chi connectivity index (χ2v) is 20.8. The normalized spacial score (nSPS) is 15.5. The van der Waals surface area contributed by atoms with E-state index in [1.165, 1.54) is 9.80 Å². The van der Waals surface area contributed by atoms with Crippen LogP contribution in [0.15, 0.2) is 144 Å². The van der Waals surface area contributed by atoms with Crippen LogP contribution in [0.25, 0.3) is 44.3 Å². The summed E-state index contributed by atoms with van der Waals surface area (Å²) in [5.74, 6) is -1.57. The quantitative estimate of drug-likeness (QED) is 0.0378. The number of carbonyl (C=O) groups is 5. The maximum atomic E-state index is 15.1. The molecule has 9 rings (SSSR count). The molecule has 4 N–H and O–H groups in total. The summed E-state index contributed by atoms with van der Waals surface area (Å²) < 4.78 is 9.00. The summed E-state index contributed by atoms with van der Waals surface area (Å²) in [6.45, 7) is 11.5. The summed E-state index contributed by atoms with van der Waals surface area (Å²) >= 11 is 12.5. The van der Waals surface area contributed by atoms with Gasteiger partial charge in [-0.2, -0.15) is 0 Å². The molecular weight excluding hydrogens is 1040 g/mol. The summed E-state index contributed by atoms with van der Waals surface area (Å²) in [5, 5.41) is 12.9. The summed E-state index contributed by atoms with van der Waals surface area (Å²) in [7, 11) is 0. The summed E-state index contributed by atoms with van der Waals surface area (Å²) in [6.07, 6.45) is 2.96. The fourth-order valence-corrected chi connectivity index (χ4v) is 10.9. The van der Waals surface area contributed by atoms with Crippen molar-refractivity contribution in [2.45, 2.75) is 78.6 Å². The van der Waals surface area contributed by atoms with E-state index >= 15 is 4.79 Å². The van der Waals surface area contributed by atoms with Crippen LogP contribution in [0.1, 0.15) is 74.0 Å². The fourth-order valence-electron chi connectivity index (χ4n) is 10.6. The smallest absolute Gasteiger partial charge is 0.251 e. The van der Waals surface area contributed by atoms with Gasteiger partial charge in [0.15, 0.2) is 0 Å². The lowest BCUT2D eigenvalue weighted by molar-refractivity contribution is -0.146. The monoisotopic (exact) mass is 1100 g/mol. The zero-order valence-electron chi connectivity index (χ0n) is 45.1. The molecule has 0 saturated carbocycles. The molecule has 14 nitrogen and oxygen atoms in total. The second kappa shape index (κ2) is 25.7. The number of rotatable bonds is 18. The number of hydrogen-bond acceptors (Lipinski definition) is 7. The summed E-state index contributed by atoms with van der Waals surface area (Å²) in [4.78, 5) is 81.2. The number of nitrogens with one attached hydrogen (secondary N) is 4. The molecule has 0 bridgehead atoms. The van der Waals surface area contributed by atoms with Crippen LogP contribution in [-0.2, 0) is 38.7 Å². The number of unbranched alkanes of at least 4 members (excludes halogenated alkanes) is 1. The molecule has 0 radical (unpaired) electrons. The standard InChI is InChI=1S/C63H66Cl2N8O6/c1-5-70(6-2)46-28-30-51-56(34-46)79-57-35-47(71(7-3)8-4)29-31-52(57)60(51)49-16-9-10-17-50(49)61(76)66-32-14-13-19-54-62(77)69-55(33-43-36-67-53-18-12-11-15-48(43)53)63(78)73(38-42-22-26-45(65)27-23-42)40-59(75)72(39-58(74)68-54)37-41-20-24-44(64)25-21-41/h9-12,15-18,20-31,34-36,54-55,67H,5-8,13-14,19,32-33,37-40H2,1-4H3,(H2-,66,68,69,74,76,77)/p+1/t54-,55-/m0/s1. The second-order valence-electron chi connectivity index (χ2n) is 19.9. The number of benzene rings is 6. The van der Waals surface area contributed by atoms with E-state index in [-0.39, 0.29) is 51.5 Å². The molecule has 1 aliphatic carbocycles. The Morgan fingerprint density at radius 3 is 2.10 bits per heavy atom. The molecular formula is C63H67Cl2N8O6+. The number of aromatic nitrogens is 1. The summed E-state index contributed by atoms with van der Waals surface area (Å²) in [5.41, 5.74) is 7.89. The van der Waals surface area contributed by atoms with E-state index in [1.54, 1.807) is 48.5 Å². The number of halogens is 2. The van der Waals surface area contributed by atoms with Crippen molar-refractivity contribution in [1.29, 1.82) is 0 Å². The first kappa shape index (κ1) is 55.8. The zero-order valence-corrected chi connectivity index (χ0v) is 46.6. The van der Waals surface area contributed by atoms with E-state index in [1.807, 2.05) is 54.7 Å². The number of para-hydroxylation sites is 1. The highest BCUT2D eigenvalue weighted by molar-refractivity contribution is 6.30. The molecule has 408 valence electrons. The Bertz CT molecular complexity index is 3530. The van der Waals surface area contributed by atoms with E-state index in [4.69, 9.17) is 27.6 Å². The van der Waals surface area contributed by atoms with Gasteiger partial charge in [0.2, 0.25) is 29.0 Å². The number of nitrogens with zero attached hydrogens (tertiary/aromatic N) is 4. The average Bonchev–Trinajstić information content (AvgIpc) is 3.99. The minimum atomic E-state index is -1.13. The third-order valence-electron chi connectivity index (χ3n) is 14.9. The van der Waals surface area contributed by atoms with Gasteiger partial charge in [0.05, 0.1) is 12.6 Å². The number of fused-ring (bicyclic) bond motifs is 3. The predicted octanol–water partition coefficient (Wildman–Crippen LogP) is 9.83. The number of hydrogen-bond donors (Lipinski definition) is 4. The third-order valence-corrected chi connectivity index (χ3v) is 15.4. The molecule has 2 aliphatic heterocycles. The SMILES string of the molecule is CCN(CC)c1ccc2c(-c3ccccc3C(=O)NCCCC[C@@H]3NC(=O)CN(Cc4ccc(Cl)cc4)C(=O)CN(Cc4ccc(Cl)cc4)C(=O)[C@H](Cc4c[nH]c5ccccc45)NC3=O)c3ccc(=[N+](CC)CC)cc-3oc2c1. The van der Waals surface area contributed by atoms with Gasteiger partial charge >= 0.3 is 0 Å². The Balaban J connectivity index is 0.975. The lowest BCUT2D eigenvalue weighted by Crippen LogP contribution is -2.58. The number of anilines is 1. The minimum Gasteiger partial charge on any atom is -0.456 e. The van der Waals surface area contributed by atoms with Crippen molar-refractivity contribution in [2.24, 2.45) is 0 Å². The van der Waals surface area contributed by atoms with Gasteiger partial charge in [0, 0.05) is 106 Å². The van der Waals surface area contributed by atoms with Crippen LogP contribution in [-0.4, -0.2) is 102 Å². The van der Waals surface area contributed by atoms with Crippen LogP contribution in [0.4, 0.5) is 5.69 Å². The Kier molecular flexibility index (Phi) is 18.1. The molecule has 16 heteroatoms. The molecule has 1 fully saturated rings. The third kappa shape index (κ3) is 13.2. The molecule has 3 heterocycles. The maximum Gasteiger partial charge on any atom is 0.251 e. The molecule has 5 amide bonds. The minimum absolute atomic E-state index is 0.0343. The van der Waals surface area contributed by atoms with Crippen molar-refractivity contribution in [2.75, 3.05) is 50.7 Å². The van der Waals surface area contributed by atoms with Gasteiger partial charge in [-0.05, 0) is 124 Å². The van der Waals surface area contributed by atoms with Gasteiger partial charge in [-0.1, -0.05) is 83.9 Å². The highest BCUT2D eigenvalue weighted by Gasteiger charge is 2.34. The first-order chi connectivity index (χ1) is 38.3. The van der Waals surface area contributed by atoms with Crippen LogP contribution in [0.5, 0.6) is 0 Å². The van der Waals surface area contributed by atoms with Crippen molar-refractivity contribution in [3.05, 3.63) is 177 Å². The predicted molar refractivity (Wildman–Crippen MR) is 314 cm³/mol. The molecule has 2 atom stereocenters. The van der Waals surface area contributed by atoms with Crippen LogP contribution < -0.4 is 30.8 Å². The van der Waals surface area contributed by atoms with Crippen molar-refractivity contribution >= 4 is 80.3 Å². The van der Waals surface area contributed by atoms with Crippen LogP contribution in [0, 0.1) is 0 Å². The molecule has 3 aliphatic rings. The molecule has 0 unspecified atom stereocenters. The van der Waals surface area contributed by atoms with Crippen LogP contribution in [0.2, 0.25) is 10.0 Å². The maximum absolute atomic E-state index is 15.1. The van der Waals surface area contributed by atoms with Gasteiger partial charge < -0.3 is 40.1 Å². The lowest BCUT2D eigenvalue weighted by Gasteiger charge is -2.32. The van der Waals surface area contributed by atoms with Gasteiger partial charge in [-0.25, -0.2) is 4.58 Å². The number of H-pyrrole nitrogens is 1. The zero-order chi connectivity index (χ0) is 55.6. The lowest BCUT2D eigenvalue weighted by atomic mass is 9.90. The van der Waals surface area contributed by atoms with Gasteiger partial charge in [0.25, 0.3) is 5.91 Å². The average molecular weight is 1100 g/mol. The Hall–Kier alpha value is -7.94. The Morgan fingerprint density at radius 1 is 0.709 bits per heavy atom. The van der Waals surface area contributed by atoms with Gasteiger partial charge in [-0.3, -0.25) is 24.0 Å². The molecule has 6 aromatic rings. The van der Waals surface area contributed by atoms with Crippen LogP contribution in [0.3, 0.4) is 0 Å². The van der Waals surface area contributed by atoms with Crippen LogP contribution >= 0.6 is 23.2 Å². The van der Waals surface area contributed by atoms with E-state index in [2.05, 4.69) is 94.5 Å². The summed E-state index contributed by atoms with van der Waals surface area (Å²) in [6, 6.07) is 39.6. The molecule has 5 aromatic carbocycles. The van der Waals surface area contributed by atoms with Crippen molar-refractivity contribution in [3.63, 3.8) is 0 Å². The van der Waals surface area contributed by atoms with Gasteiger partial charge in [0.1, 0.15) is 43.1 Å². The molecule has 1 saturated heterocycles. The number of carbonyl (C=O) groups excluding carboxylic acids is 5.